The van der Waals surface area contributed by atoms with Crippen molar-refractivity contribution in [3.05, 3.63) is 217 Å². The minimum atomic E-state index is -0.170. The molecule has 0 amide bonds. The molecule has 276 valence electrons. The number of benzene rings is 9. The number of hydrogen-bond acceptors (Lipinski definition) is 3. The summed E-state index contributed by atoms with van der Waals surface area (Å²) >= 11 is 1.86. The lowest BCUT2D eigenvalue weighted by Crippen LogP contribution is -2.15. The van der Waals surface area contributed by atoms with Gasteiger partial charge in [0.2, 0.25) is 0 Å². The molecular formula is C55H40N2S. The van der Waals surface area contributed by atoms with E-state index in [0.29, 0.717) is 0 Å². The molecule has 0 saturated heterocycles. The van der Waals surface area contributed by atoms with Crippen LogP contribution in [0.1, 0.15) is 25.0 Å². The zero-order valence-corrected chi connectivity index (χ0v) is 33.2. The highest BCUT2D eigenvalue weighted by Gasteiger charge is 2.37. The molecule has 3 heteroatoms. The van der Waals surface area contributed by atoms with Crippen LogP contribution in [0.25, 0.3) is 53.2 Å². The van der Waals surface area contributed by atoms with Gasteiger partial charge in [0, 0.05) is 59.7 Å². The van der Waals surface area contributed by atoms with E-state index >= 15 is 0 Å². The first-order valence-electron chi connectivity index (χ1n) is 20.0. The molecule has 11 rings (SSSR count). The Hall–Kier alpha value is -6.94. The summed E-state index contributed by atoms with van der Waals surface area (Å²) in [6.45, 7) is 4.79. The number of fused-ring (bicyclic) bond motifs is 8. The average molecular weight is 761 g/mol. The Morgan fingerprint density at radius 3 is 1.59 bits per heavy atom. The Bertz CT molecular complexity index is 3110. The fourth-order valence-electron chi connectivity index (χ4n) is 9.28. The Morgan fingerprint density at radius 2 is 0.914 bits per heavy atom. The predicted octanol–water partition coefficient (Wildman–Crippen LogP) is 16.1. The molecule has 0 spiro atoms. The van der Waals surface area contributed by atoms with Crippen molar-refractivity contribution in [3.8, 4) is 22.3 Å². The fraction of sp³-hybridized carbons (Fsp3) is 0.0545. The van der Waals surface area contributed by atoms with Gasteiger partial charge in [-0.1, -0.05) is 135 Å². The van der Waals surface area contributed by atoms with Crippen molar-refractivity contribution in [2.75, 3.05) is 9.80 Å². The molecule has 1 aromatic heterocycles. The molecule has 0 saturated carbocycles. The molecule has 1 heterocycles. The largest absolute Gasteiger partial charge is 0.310 e. The van der Waals surface area contributed by atoms with Crippen LogP contribution in [0.3, 0.4) is 0 Å². The summed E-state index contributed by atoms with van der Waals surface area (Å²) in [5.41, 5.74) is 14.2. The van der Waals surface area contributed by atoms with E-state index in [-0.39, 0.29) is 5.41 Å². The van der Waals surface area contributed by atoms with E-state index in [9.17, 15) is 0 Å². The first kappa shape index (κ1) is 34.3. The van der Waals surface area contributed by atoms with Gasteiger partial charge >= 0.3 is 0 Å². The molecular weight excluding hydrogens is 721 g/mol. The maximum absolute atomic E-state index is 2.46. The van der Waals surface area contributed by atoms with Gasteiger partial charge in [-0.2, -0.15) is 0 Å². The third-order valence-electron chi connectivity index (χ3n) is 12.0. The van der Waals surface area contributed by atoms with Crippen molar-refractivity contribution in [2.24, 2.45) is 0 Å². The van der Waals surface area contributed by atoms with Crippen molar-refractivity contribution in [1.82, 2.24) is 0 Å². The van der Waals surface area contributed by atoms with Crippen LogP contribution in [0.5, 0.6) is 0 Å². The molecule has 10 aromatic rings. The molecule has 58 heavy (non-hydrogen) atoms. The lowest BCUT2D eigenvalue weighted by Gasteiger charge is -2.30. The summed E-state index contributed by atoms with van der Waals surface area (Å²) in [4.78, 5) is 4.80. The molecule has 0 atom stereocenters. The van der Waals surface area contributed by atoms with Crippen LogP contribution in [0.2, 0.25) is 0 Å². The van der Waals surface area contributed by atoms with Crippen LogP contribution in [0, 0.1) is 0 Å². The fourth-order valence-corrected chi connectivity index (χ4v) is 10.4. The first-order chi connectivity index (χ1) is 28.5. The number of para-hydroxylation sites is 3. The Kier molecular flexibility index (Phi) is 8.06. The van der Waals surface area contributed by atoms with E-state index < -0.39 is 0 Å². The maximum Gasteiger partial charge on any atom is 0.0488 e. The molecule has 0 fully saturated rings. The van der Waals surface area contributed by atoms with Gasteiger partial charge < -0.3 is 9.80 Å². The van der Waals surface area contributed by atoms with Gasteiger partial charge in [0.1, 0.15) is 0 Å². The molecule has 0 radical (unpaired) electrons. The number of nitrogens with zero attached hydrogens (tertiary/aromatic N) is 2. The van der Waals surface area contributed by atoms with Crippen molar-refractivity contribution < 1.29 is 0 Å². The topological polar surface area (TPSA) is 6.48 Å². The number of rotatable bonds is 7. The molecule has 0 bridgehead atoms. The van der Waals surface area contributed by atoms with E-state index in [0.717, 1.165) is 39.7 Å². The predicted molar refractivity (Wildman–Crippen MR) is 249 cm³/mol. The van der Waals surface area contributed by atoms with Crippen LogP contribution in [0.4, 0.5) is 34.1 Å². The van der Waals surface area contributed by atoms with Gasteiger partial charge in [-0.05, 0) is 129 Å². The highest BCUT2D eigenvalue weighted by atomic mass is 32.1. The molecule has 2 nitrogen and oxygen atoms in total. The lowest BCUT2D eigenvalue weighted by atomic mass is 9.79. The summed E-state index contributed by atoms with van der Waals surface area (Å²) in [7, 11) is 0. The molecule has 0 unspecified atom stereocenters. The van der Waals surface area contributed by atoms with E-state index in [4.69, 9.17) is 0 Å². The first-order valence-corrected chi connectivity index (χ1v) is 20.8. The second kappa shape index (κ2) is 13.6. The van der Waals surface area contributed by atoms with E-state index in [1.165, 1.54) is 58.8 Å². The van der Waals surface area contributed by atoms with Crippen LogP contribution in [-0.4, -0.2) is 0 Å². The third kappa shape index (κ3) is 5.62. The smallest absolute Gasteiger partial charge is 0.0488 e. The highest BCUT2D eigenvalue weighted by Crippen LogP contribution is 2.53. The van der Waals surface area contributed by atoms with Crippen LogP contribution >= 0.6 is 11.3 Å². The molecule has 0 aliphatic heterocycles. The molecule has 0 N–H and O–H groups in total. The van der Waals surface area contributed by atoms with Crippen molar-refractivity contribution in [1.29, 1.82) is 0 Å². The third-order valence-corrected chi connectivity index (χ3v) is 13.1. The van der Waals surface area contributed by atoms with Gasteiger partial charge in [-0.3, -0.25) is 0 Å². The highest BCUT2D eigenvalue weighted by molar-refractivity contribution is 7.25. The summed E-state index contributed by atoms with van der Waals surface area (Å²) in [5.74, 6) is 0. The zero-order valence-electron chi connectivity index (χ0n) is 32.4. The minimum Gasteiger partial charge on any atom is -0.310 e. The summed E-state index contributed by atoms with van der Waals surface area (Å²) < 4.78 is 2.60. The summed E-state index contributed by atoms with van der Waals surface area (Å²) in [5, 5.41) is 5.19. The minimum absolute atomic E-state index is 0.170. The van der Waals surface area contributed by atoms with Crippen molar-refractivity contribution >= 4 is 76.4 Å². The standard InChI is InChI=1S/C55H40N2S/c1-55(2)51-34-38(27-29-47(51)49-30-26-37-16-12-13-23-46(37)54(49)55)39-32-44(56(40-17-6-3-7-18-40)41-19-8-4-9-20-41)35-45(33-39)57(42-21-10-5-11-22-42)43-28-31-53-50(36-43)48-24-14-15-25-52(48)58-53/h3-36H,1-2H3. The number of hydrogen-bond donors (Lipinski definition) is 0. The van der Waals surface area contributed by atoms with E-state index in [1.807, 2.05) is 11.3 Å². The monoisotopic (exact) mass is 760 g/mol. The number of anilines is 6. The quantitative estimate of drug-likeness (QED) is 0.160. The van der Waals surface area contributed by atoms with Crippen molar-refractivity contribution in [2.45, 2.75) is 19.3 Å². The van der Waals surface area contributed by atoms with Gasteiger partial charge in [-0.15, -0.1) is 11.3 Å². The van der Waals surface area contributed by atoms with Gasteiger partial charge in [0.05, 0.1) is 0 Å². The molecule has 1 aliphatic carbocycles. The Morgan fingerprint density at radius 1 is 0.362 bits per heavy atom. The molecule has 9 aromatic carbocycles. The number of thiophene rings is 1. The van der Waals surface area contributed by atoms with E-state index in [2.05, 4.69) is 230 Å². The van der Waals surface area contributed by atoms with Gasteiger partial charge in [0.25, 0.3) is 0 Å². The van der Waals surface area contributed by atoms with Crippen LogP contribution < -0.4 is 9.80 Å². The SMILES string of the molecule is CC1(C)c2cc(-c3cc(N(c4ccccc4)c4ccccc4)cc(N(c4ccccc4)c4ccc5sc6ccccc6c5c4)c3)ccc2-c2ccc3ccccc3c21. The Balaban J connectivity index is 1.15. The van der Waals surface area contributed by atoms with E-state index in [1.54, 1.807) is 0 Å². The second-order valence-electron chi connectivity index (χ2n) is 15.8. The summed E-state index contributed by atoms with van der Waals surface area (Å²) in [6.07, 6.45) is 0. The Labute approximate surface area is 343 Å². The van der Waals surface area contributed by atoms with Gasteiger partial charge in [-0.25, -0.2) is 0 Å². The normalized spacial score (nSPS) is 12.8. The second-order valence-corrected chi connectivity index (χ2v) is 16.9. The zero-order chi connectivity index (χ0) is 38.8. The van der Waals surface area contributed by atoms with Crippen LogP contribution in [-0.2, 0) is 5.41 Å². The molecule has 1 aliphatic rings. The average Bonchev–Trinajstić information content (AvgIpc) is 3.76. The lowest BCUT2D eigenvalue weighted by molar-refractivity contribution is 0.666. The summed E-state index contributed by atoms with van der Waals surface area (Å²) in [6, 6.07) is 75.6. The van der Waals surface area contributed by atoms with Crippen LogP contribution in [0.15, 0.2) is 206 Å². The van der Waals surface area contributed by atoms with Gasteiger partial charge in [0.15, 0.2) is 0 Å². The van der Waals surface area contributed by atoms with Crippen molar-refractivity contribution in [3.63, 3.8) is 0 Å². The maximum atomic E-state index is 2.46.